The summed E-state index contributed by atoms with van der Waals surface area (Å²) in [6, 6.07) is 14.0. The normalized spacial score (nSPS) is 15.7. The van der Waals surface area contributed by atoms with Crippen LogP contribution in [-0.4, -0.2) is 52.1 Å². The van der Waals surface area contributed by atoms with Gasteiger partial charge in [-0.25, -0.2) is 0 Å². The summed E-state index contributed by atoms with van der Waals surface area (Å²) in [5.74, 6) is 1.89. The van der Waals surface area contributed by atoms with Crippen LogP contribution in [0.5, 0.6) is 11.5 Å². The zero-order chi connectivity index (χ0) is 22.5. The third kappa shape index (κ3) is 4.46. The molecule has 0 bridgehead atoms. The maximum Gasteiger partial charge on any atom is 0.233 e. The highest BCUT2D eigenvalue weighted by Crippen LogP contribution is 2.39. The van der Waals surface area contributed by atoms with Crippen LogP contribution in [0.3, 0.4) is 0 Å². The molecule has 1 aliphatic heterocycles. The summed E-state index contributed by atoms with van der Waals surface area (Å²) >= 11 is 1.42. The topological polar surface area (TPSA) is 69.5 Å². The molecule has 1 atom stereocenters. The van der Waals surface area contributed by atoms with Crippen LogP contribution in [0.2, 0.25) is 0 Å². The number of rotatable bonds is 8. The van der Waals surface area contributed by atoms with E-state index in [4.69, 9.17) is 9.47 Å². The van der Waals surface area contributed by atoms with Gasteiger partial charge in [0.15, 0.2) is 5.16 Å². The molecule has 1 unspecified atom stereocenters. The summed E-state index contributed by atoms with van der Waals surface area (Å²) in [6.07, 6.45) is 4.51. The molecular weight excluding hydrogens is 424 g/mol. The fourth-order valence-corrected chi connectivity index (χ4v) is 5.03. The molecule has 0 radical (unpaired) electrons. The molecule has 1 aromatic heterocycles. The number of likely N-dealkylation sites (tertiary alicyclic amines) is 1. The van der Waals surface area contributed by atoms with Crippen LogP contribution in [0, 0.1) is 0 Å². The number of amides is 1. The average Bonchev–Trinajstić information content (AvgIpc) is 3.51. The number of aromatic nitrogens is 3. The van der Waals surface area contributed by atoms with Crippen LogP contribution in [-0.2, 0) is 11.2 Å². The first-order valence-electron chi connectivity index (χ1n) is 10.8. The lowest BCUT2D eigenvalue weighted by Crippen LogP contribution is -2.32. The third-order valence-corrected chi connectivity index (χ3v) is 6.77. The van der Waals surface area contributed by atoms with Crippen molar-refractivity contribution < 1.29 is 14.3 Å². The number of methoxy groups -OCH3 is 2. The number of nitrogens with zero attached hydrogens (tertiary/aromatic N) is 4. The summed E-state index contributed by atoms with van der Waals surface area (Å²) in [5.41, 5.74) is 3.29. The highest BCUT2D eigenvalue weighted by atomic mass is 32.2. The molecule has 3 aromatic rings. The Bertz CT molecular complexity index is 1080. The van der Waals surface area contributed by atoms with Crippen LogP contribution in [0.1, 0.15) is 36.9 Å². The molecule has 0 N–H and O–H groups in total. The molecule has 1 fully saturated rings. The van der Waals surface area contributed by atoms with E-state index < -0.39 is 0 Å². The number of ether oxygens (including phenoxy) is 2. The van der Waals surface area contributed by atoms with Crippen molar-refractivity contribution in [1.29, 1.82) is 0 Å². The van der Waals surface area contributed by atoms with Crippen molar-refractivity contribution in [2.45, 2.75) is 37.4 Å². The molecule has 1 amide bonds. The number of hydrogen-bond acceptors (Lipinski definition) is 6. The third-order valence-electron chi connectivity index (χ3n) is 5.85. The van der Waals surface area contributed by atoms with Crippen molar-refractivity contribution in [3.8, 4) is 17.2 Å². The largest absolute Gasteiger partial charge is 0.497 e. The lowest BCUT2D eigenvalue weighted by atomic mass is 10.0. The van der Waals surface area contributed by atoms with E-state index in [-0.39, 0.29) is 11.9 Å². The van der Waals surface area contributed by atoms with Crippen LogP contribution < -0.4 is 9.47 Å². The highest BCUT2D eigenvalue weighted by molar-refractivity contribution is 7.99. The predicted molar refractivity (Wildman–Crippen MR) is 125 cm³/mol. The standard InChI is InChI=1S/C24H28N4O3S/c1-4-17-8-5-6-9-20(17)28-16-25-26-24(28)32-15-23(29)27-13-7-10-21(27)19-12-11-18(30-2)14-22(19)31-3/h5-6,8-9,11-12,14,16,21H,4,7,10,13,15H2,1-3H3. The van der Waals surface area contributed by atoms with Gasteiger partial charge >= 0.3 is 0 Å². The molecule has 0 saturated carbocycles. The minimum atomic E-state index is 0.00245. The fraction of sp³-hybridized carbons (Fsp3) is 0.375. The summed E-state index contributed by atoms with van der Waals surface area (Å²) in [5, 5.41) is 9.07. The van der Waals surface area contributed by atoms with Crippen molar-refractivity contribution in [1.82, 2.24) is 19.7 Å². The highest BCUT2D eigenvalue weighted by Gasteiger charge is 2.32. The van der Waals surface area contributed by atoms with Crippen molar-refractivity contribution in [2.75, 3.05) is 26.5 Å². The number of carbonyl (C=O) groups is 1. The molecule has 1 aliphatic rings. The van der Waals surface area contributed by atoms with E-state index in [9.17, 15) is 4.79 Å². The molecule has 2 aromatic carbocycles. The van der Waals surface area contributed by atoms with Gasteiger partial charge in [-0.05, 0) is 43.0 Å². The lowest BCUT2D eigenvalue weighted by Gasteiger charge is -2.26. The second kappa shape index (κ2) is 10.1. The number of hydrogen-bond donors (Lipinski definition) is 0. The number of benzene rings is 2. The van der Waals surface area contributed by atoms with Crippen molar-refractivity contribution >= 4 is 17.7 Å². The number of thioether (sulfide) groups is 1. The zero-order valence-corrected chi connectivity index (χ0v) is 19.5. The van der Waals surface area contributed by atoms with E-state index in [1.165, 1.54) is 17.3 Å². The molecule has 4 rings (SSSR count). The van der Waals surface area contributed by atoms with E-state index in [0.29, 0.717) is 5.75 Å². The molecule has 32 heavy (non-hydrogen) atoms. The Morgan fingerprint density at radius 1 is 1.19 bits per heavy atom. The van der Waals surface area contributed by atoms with Crippen molar-refractivity contribution in [2.24, 2.45) is 0 Å². The number of para-hydroxylation sites is 1. The number of aryl methyl sites for hydroxylation is 1. The van der Waals surface area contributed by atoms with E-state index >= 15 is 0 Å². The quantitative estimate of drug-likeness (QED) is 0.475. The van der Waals surface area contributed by atoms with E-state index in [1.807, 2.05) is 39.8 Å². The first-order valence-corrected chi connectivity index (χ1v) is 11.8. The molecule has 0 aliphatic carbocycles. The minimum absolute atomic E-state index is 0.00245. The predicted octanol–water partition coefficient (Wildman–Crippen LogP) is 4.30. The Morgan fingerprint density at radius 3 is 2.81 bits per heavy atom. The summed E-state index contributed by atoms with van der Waals surface area (Å²) in [6.45, 7) is 2.87. The van der Waals surface area contributed by atoms with Crippen molar-refractivity contribution in [3.05, 3.63) is 59.9 Å². The fourth-order valence-electron chi connectivity index (χ4n) is 4.22. The van der Waals surface area contributed by atoms with Crippen LogP contribution in [0.15, 0.2) is 53.9 Å². The first kappa shape index (κ1) is 22.2. The van der Waals surface area contributed by atoms with Gasteiger partial charge in [0.25, 0.3) is 0 Å². The second-order valence-corrected chi connectivity index (χ2v) is 8.55. The molecule has 7 nitrogen and oxygen atoms in total. The number of carbonyl (C=O) groups excluding carboxylic acids is 1. The Balaban J connectivity index is 1.49. The van der Waals surface area contributed by atoms with E-state index in [1.54, 1.807) is 20.5 Å². The van der Waals surface area contributed by atoms with E-state index in [0.717, 1.165) is 53.7 Å². The van der Waals surface area contributed by atoms with Gasteiger partial charge in [-0.15, -0.1) is 10.2 Å². The van der Waals surface area contributed by atoms with Crippen LogP contribution >= 0.6 is 11.8 Å². The molecule has 8 heteroatoms. The maximum absolute atomic E-state index is 13.2. The Labute approximate surface area is 192 Å². The Morgan fingerprint density at radius 2 is 2.03 bits per heavy atom. The summed E-state index contributed by atoms with van der Waals surface area (Å²) in [7, 11) is 3.28. The molecular formula is C24H28N4O3S. The Hall–Kier alpha value is -3.00. The summed E-state index contributed by atoms with van der Waals surface area (Å²) in [4.78, 5) is 15.2. The van der Waals surface area contributed by atoms with Crippen LogP contribution in [0.4, 0.5) is 0 Å². The van der Waals surface area contributed by atoms with E-state index in [2.05, 4.69) is 29.3 Å². The molecule has 0 spiro atoms. The molecule has 2 heterocycles. The smallest absolute Gasteiger partial charge is 0.233 e. The SMILES string of the molecule is CCc1ccccc1-n1cnnc1SCC(=O)N1CCCC1c1ccc(OC)cc1OC. The zero-order valence-electron chi connectivity index (χ0n) is 18.7. The van der Waals surface area contributed by atoms with Gasteiger partial charge in [-0.1, -0.05) is 36.9 Å². The van der Waals surface area contributed by atoms with Gasteiger partial charge in [0.2, 0.25) is 5.91 Å². The summed E-state index contributed by atoms with van der Waals surface area (Å²) < 4.78 is 12.9. The van der Waals surface area contributed by atoms with Crippen molar-refractivity contribution in [3.63, 3.8) is 0 Å². The second-order valence-electron chi connectivity index (χ2n) is 7.61. The van der Waals surface area contributed by atoms with Gasteiger partial charge in [0.05, 0.1) is 31.7 Å². The van der Waals surface area contributed by atoms with Gasteiger partial charge in [-0.2, -0.15) is 0 Å². The van der Waals surface area contributed by atoms with Gasteiger partial charge in [0, 0.05) is 18.2 Å². The van der Waals surface area contributed by atoms with Gasteiger partial charge < -0.3 is 14.4 Å². The molecule has 1 saturated heterocycles. The van der Waals surface area contributed by atoms with Crippen LogP contribution in [0.25, 0.3) is 5.69 Å². The van der Waals surface area contributed by atoms with Gasteiger partial charge in [-0.3, -0.25) is 9.36 Å². The maximum atomic E-state index is 13.2. The monoisotopic (exact) mass is 452 g/mol. The first-order chi connectivity index (χ1) is 15.7. The Kier molecular flexibility index (Phi) is 6.99. The lowest BCUT2D eigenvalue weighted by molar-refractivity contribution is -0.129. The van der Waals surface area contributed by atoms with Gasteiger partial charge in [0.1, 0.15) is 17.8 Å². The minimum Gasteiger partial charge on any atom is -0.497 e. The average molecular weight is 453 g/mol. The molecule has 168 valence electrons.